The van der Waals surface area contributed by atoms with Crippen molar-refractivity contribution >= 4 is 16.9 Å². The van der Waals surface area contributed by atoms with Crippen molar-refractivity contribution in [1.82, 2.24) is 4.57 Å². The highest BCUT2D eigenvalue weighted by molar-refractivity contribution is 5.82. The van der Waals surface area contributed by atoms with Crippen molar-refractivity contribution in [2.45, 2.75) is 33.4 Å². The number of benzene rings is 1. The average molecular weight is 231 g/mol. The van der Waals surface area contributed by atoms with E-state index in [1.807, 2.05) is 37.6 Å². The van der Waals surface area contributed by atoms with E-state index in [0.717, 1.165) is 10.9 Å². The molecule has 2 rings (SSSR count). The Labute approximate surface area is 101 Å². The van der Waals surface area contributed by atoms with Gasteiger partial charge >= 0.3 is 5.97 Å². The maximum absolute atomic E-state index is 11.6. The summed E-state index contributed by atoms with van der Waals surface area (Å²) in [7, 11) is 0. The van der Waals surface area contributed by atoms with Gasteiger partial charge in [0, 0.05) is 11.7 Å². The zero-order valence-corrected chi connectivity index (χ0v) is 10.4. The molecule has 0 amide bonds. The van der Waals surface area contributed by atoms with Crippen LogP contribution in [0.25, 0.3) is 10.9 Å². The molecule has 1 heterocycles. The number of ether oxygens (including phenoxy) is 1. The van der Waals surface area contributed by atoms with Crippen molar-refractivity contribution in [3.63, 3.8) is 0 Å². The molecular formula is C14H17NO2. The summed E-state index contributed by atoms with van der Waals surface area (Å²) in [6.45, 7) is 6.03. The lowest BCUT2D eigenvalue weighted by atomic mass is 10.2. The molecule has 0 bridgehead atoms. The maximum Gasteiger partial charge on any atom is 0.326 e. The first-order valence-electron chi connectivity index (χ1n) is 5.81. The van der Waals surface area contributed by atoms with E-state index in [1.165, 1.54) is 5.56 Å². The minimum absolute atomic E-state index is 0.0638. The number of fused-ring (bicyclic) bond motifs is 1. The Bertz CT molecular complexity index is 540. The molecule has 3 nitrogen and oxygen atoms in total. The molecule has 0 N–H and O–H groups in total. The van der Waals surface area contributed by atoms with E-state index in [9.17, 15) is 4.79 Å². The van der Waals surface area contributed by atoms with Gasteiger partial charge in [0.2, 0.25) is 0 Å². The number of carbonyl (C=O) groups is 1. The summed E-state index contributed by atoms with van der Waals surface area (Å²) in [6.07, 6.45) is 1.86. The van der Waals surface area contributed by atoms with E-state index in [4.69, 9.17) is 4.74 Å². The SMILES string of the molecule is Cc1ccc2ccn(CC(=O)OC(C)C)c2c1. The molecule has 1 aromatic carbocycles. The van der Waals surface area contributed by atoms with Crippen LogP contribution in [0.3, 0.4) is 0 Å². The molecular weight excluding hydrogens is 214 g/mol. The van der Waals surface area contributed by atoms with E-state index in [1.54, 1.807) is 0 Å². The number of aromatic nitrogens is 1. The van der Waals surface area contributed by atoms with Gasteiger partial charge in [0.25, 0.3) is 0 Å². The predicted octanol–water partition coefficient (Wildman–Crippen LogP) is 2.90. The zero-order valence-electron chi connectivity index (χ0n) is 10.4. The molecule has 0 saturated carbocycles. The van der Waals surface area contributed by atoms with Gasteiger partial charge in [-0.05, 0) is 43.9 Å². The Morgan fingerprint density at radius 3 is 2.82 bits per heavy atom. The first-order valence-corrected chi connectivity index (χ1v) is 5.81. The third-order valence-electron chi connectivity index (χ3n) is 2.60. The largest absolute Gasteiger partial charge is 0.462 e. The van der Waals surface area contributed by atoms with Gasteiger partial charge in [-0.2, -0.15) is 0 Å². The van der Waals surface area contributed by atoms with Gasteiger partial charge in [0.1, 0.15) is 6.54 Å². The number of rotatable bonds is 3. The van der Waals surface area contributed by atoms with Crippen LogP contribution in [0.15, 0.2) is 30.5 Å². The Balaban J connectivity index is 2.24. The van der Waals surface area contributed by atoms with Gasteiger partial charge in [0.05, 0.1) is 6.10 Å². The number of hydrogen-bond donors (Lipinski definition) is 0. The van der Waals surface area contributed by atoms with Crippen LogP contribution in [-0.2, 0) is 16.1 Å². The van der Waals surface area contributed by atoms with Crippen molar-refractivity contribution in [1.29, 1.82) is 0 Å². The summed E-state index contributed by atoms with van der Waals surface area (Å²) in [5, 5.41) is 1.15. The topological polar surface area (TPSA) is 31.2 Å². The quantitative estimate of drug-likeness (QED) is 0.760. The second-order valence-electron chi connectivity index (χ2n) is 4.54. The molecule has 0 aliphatic rings. The first kappa shape index (κ1) is 11.7. The van der Waals surface area contributed by atoms with E-state index < -0.39 is 0 Å². The third kappa shape index (κ3) is 2.67. The lowest BCUT2D eigenvalue weighted by Crippen LogP contribution is -2.16. The fourth-order valence-corrected chi connectivity index (χ4v) is 1.87. The number of nitrogens with zero attached hydrogens (tertiary/aromatic N) is 1. The highest BCUT2D eigenvalue weighted by Gasteiger charge is 2.08. The number of esters is 1. The van der Waals surface area contributed by atoms with Gasteiger partial charge in [-0.15, -0.1) is 0 Å². The van der Waals surface area contributed by atoms with E-state index in [-0.39, 0.29) is 18.6 Å². The lowest BCUT2D eigenvalue weighted by molar-refractivity contribution is -0.148. The maximum atomic E-state index is 11.6. The highest BCUT2D eigenvalue weighted by Crippen LogP contribution is 2.17. The molecule has 0 unspecified atom stereocenters. The normalized spacial score (nSPS) is 11.1. The summed E-state index contributed by atoms with van der Waals surface area (Å²) >= 11 is 0. The van der Waals surface area contributed by atoms with Crippen LogP contribution in [-0.4, -0.2) is 16.6 Å². The summed E-state index contributed by atoms with van der Waals surface area (Å²) in [5.41, 5.74) is 2.26. The number of carbonyl (C=O) groups excluding carboxylic acids is 1. The van der Waals surface area contributed by atoms with Crippen LogP contribution < -0.4 is 0 Å². The molecule has 0 fully saturated rings. The fourth-order valence-electron chi connectivity index (χ4n) is 1.87. The Kier molecular flexibility index (Phi) is 3.18. The third-order valence-corrected chi connectivity index (χ3v) is 2.60. The van der Waals surface area contributed by atoms with Crippen LogP contribution in [0.4, 0.5) is 0 Å². The molecule has 2 aromatic rings. The molecule has 17 heavy (non-hydrogen) atoms. The second kappa shape index (κ2) is 4.62. The Morgan fingerprint density at radius 1 is 1.35 bits per heavy atom. The summed E-state index contributed by atoms with van der Waals surface area (Å²) in [4.78, 5) is 11.6. The fraction of sp³-hybridized carbons (Fsp3) is 0.357. The molecule has 0 saturated heterocycles. The van der Waals surface area contributed by atoms with E-state index in [2.05, 4.69) is 18.2 Å². The van der Waals surface area contributed by atoms with Crippen molar-refractivity contribution in [3.05, 3.63) is 36.0 Å². The average Bonchev–Trinajstić information content (AvgIpc) is 2.60. The summed E-state index contributed by atoms with van der Waals surface area (Å²) in [6, 6.07) is 8.23. The Hall–Kier alpha value is -1.77. The van der Waals surface area contributed by atoms with Gasteiger partial charge in [-0.25, -0.2) is 0 Å². The minimum atomic E-state index is -0.195. The molecule has 3 heteroatoms. The summed E-state index contributed by atoms with van der Waals surface area (Å²) < 4.78 is 7.07. The van der Waals surface area contributed by atoms with Crippen molar-refractivity contribution in [2.24, 2.45) is 0 Å². The molecule has 0 aliphatic carbocycles. The zero-order chi connectivity index (χ0) is 12.4. The lowest BCUT2D eigenvalue weighted by Gasteiger charge is -2.09. The van der Waals surface area contributed by atoms with Crippen molar-refractivity contribution < 1.29 is 9.53 Å². The van der Waals surface area contributed by atoms with E-state index in [0.29, 0.717) is 0 Å². The van der Waals surface area contributed by atoms with Gasteiger partial charge in [-0.3, -0.25) is 4.79 Å². The minimum Gasteiger partial charge on any atom is -0.462 e. The van der Waals surface area contributed by atoms with Crippen molar-refractivity contribution in [2.75, 3.05) is 0 Å². The van der Waals surface area contributed by atoms with Crippen LogP contribution in [0.1, 0.15) is 19.4 Å². The van der Waals surface area contributed by atoms with Gasteiger partial charge in [0.15, 0.2) is 0 Å². The van der Waals surface area contributed by atoms with Gasteiger partial charge in [-0.1, -0.05) is 12.1 Å². The molecule has 0 radical (unpaired) electrons. The highest BCUT2D eigenvalue weighted by atomic mass is 16.5. The number of aryl methyl sites for hydroxylation is 1. The number of hydrogen-bond acceptors (Lipinski definition) is 2. The van der Waals surface area contributed by atoms with Crippen LogP contribution in [0, 0.1) is 6.92 Å². The van der Waals surface area contributed by atoms with Crippen LogP contribution >= 0.6 is 0 Å². The molecule has 0 aliphatic heterocycles. The summed E-state index contributed by atoms with van der Waals surface area (Å²) in [5.74, 6) is -0.195. The van der Waals surface area contributed by atoms with Gasteiger partial charge < -0.3 is 9.30 Å². The smallest absolute Gasteiger partial charge is 0.326 e. The molecule has 90 valence electrons. The first-order chi connectivity index (χ1) is 8.06. The Morgan fingerprint density at radius 2 is 2.12 bits per heavy atom. The second-order valence-corrected chi connectivity index (χ2v) is 4.54. The monoisotopic (exact) mass is 231 g/mol. The van der Waals surface area contributed by atoms with Crippen LogP contribution in [0.5, 0.6) is 0 Å². The van der Waals surface area contributed by atoms with Crippen LogP contribution in [0.2, 0.25) is 0 Å². The molecule has 1 aromatic heterocycles. The predicted molar refractivity (Wildman–Crippen MR) is 67.9 cm³/mol. The standard InChI is InChI=1S/C14H17NO2/c1-10(2)17-14(16)9-15-7-6-12-5-4-11(3)8-13(12)15/h4-8,10H,9H2,1-3H3. The van der Waals surface area contributed by atoms with Crippen molar-refractivity contribution in [3.8, 4) is 0 Å². The molecule has 0 spiro atoms. The molecule has 0 atom stereocenters. The van der Waals surface area contributed by atoms with E-state index >= 15 is 0 Å².